The van der Waals surface area contributed by atoms with Gasteiger partial charge in [0.15, 0.2) is 0 Å². The second-order valence-electron chi connectivity index (χ2n) is 5.47. The lowest BCUT2D eigenvalue weighted by Crippen LogP contribution is -2.04. The van der Waals surface area contributed by atoms with Crippen LogP contribution in [0.1, 0.15) is 24.4 Å². The maximum absolute atomic E-state index is 5.92. The minimum Gasteiger partial charge on any atom is -0.439 e. The Bertz CT molecular complexity index is 801. The molecule has 0 aliphatic rings. The van der Waals surface area contributed by atoms with E-state index in [1.54, 1.807) is 0 Å². The molecule has 0 bridgehead atoms. The van der Waals surface area contributed by atoms with E-state index < -0.39 is 0 Å². The third kappa shape index (κ3) is 3.73. The Hall–Kier alpha value is -2.72. The van der Waals surface area contributed by atoms with Gasteiger partial charge in [-0.1, -0.05) is 42.5 Å². The predicted molar refractivity (Wildman–Crippen MR) is 91.3 cm³/mol. The number of aromatic nitrogens is 2. The highest BCUT2D eigenvalue weighted by Crippen LogP contribution is 2.26. The van der Waals surface area contributed by atoms with Crippen molar-refractivity contribution in [3.63, 3.8) is 0 Å². The van der Waals surface area contributed by atoms with Crippen LogP contribution in [-0.4, -0.2) is 9.97 Å². The van der Waals surface area contributed by atoms with Gasteiger partial charge in [-0.25, -0.2) is 4.98 Å². The van der Waals surface area contributed by atoms with Gasteiger partial charge in [-0.05, 0) is 31.5 Å². The van der Waals surface area contributed by atoms with Crippen molar-refractivity contribution in [1.82, 2.24) is 9.97 Å². The van der Waals surface area contributed by atoms with Gasteiger partial charge in [-0.15, -0.1) is 0 Å². The van der Waals surface area contributed by atoms with Crippen LogP contribution in [0.15, 0.2) is 60.7 Å². The average molecular weight is 305 g/mol. The lowest BCUT2D eigenvalue weighted by Gasteiger charge is -2.10. The van der Waals surface area contributed by atoms with Crippen LogP contribution in [0.4, 0.5) is 0 Å². The zero-order valence-electron chi connectivity index (χ0n) is 13.2. The van der Waals surface area contributed by atoms with Crippen LogP contribution < -0.4 is 10.5 Å². The maximum atomic E-state index is 5.92. The van der Waals surface area contributed by atoms with E-state index in [0.717, 1.165) is 22.6 Å². The van der Waals surface area contributed by atoms with Crippen LogP contribution in [0.2, 0.25) is 0 Å². The molecule has 1 heterocycles. The summed E-state index contributed by atoms with van der Waals surface area (Å²) in [5, 5.41) is 0. The highest BCUT2D eigenvalue weighted by atomic mass is 16.5. The average Bonchev–Trinajstić information content (AvgIpc) is 2.55. The third-order valence-corrected chi connectivity index (χ3v) is 3.49. The fraction of sp³-hybridized carbons (Fsp3) is 0.158. The van der Waals surface area contributed by atoms with Gasteiger partial charge in [0, 0.05) is 17.7 Å². The summed E-state index contributed by atoms with van der Waals surface area (Å²) in [5.41, 5.74) is 8.82. The van der Waals surface area contributed by atoms with Crippen LogP contribution in [-0.2, 0) is 0 Å². The van der Waals surface area contributed by atoms with Crippen molar-refractivity contribution in [2.45, 2.75) is 19.9 Å². The van der Waals surface area contributed by atoms with Gasteiger partial charge in [-0.3, -0.25) is 0 Å². The summed E-state index contributed by atoms with van der Waals surface area (Å²) >= 11 is 0. The van der Waals surface area contributed by atoms with Crippen LogP contribution in [0.5, 0.6) is 11.6 Å². The predicted octanol–water partition coefficient (Wildman–Crippen LogP) is 4.26. The molecule has 0 radical (unpaired) electrons. The van der Waals surface area contributed by atoms with E-state index in [-0.39, 0.29) is 6.04 Å². The molecule has 4 heteroatoms. The Morgan fingerprint density at radius 3 is 2.48 bits per heavy atom. The minimum atomic E-state index is -0.0365. The van der Waals surface area contributed by atoms with Crippen molar-refractivity contribution >= 4 is 0 Å². The maximum Gasteiger partial charge on any atom is 0.223 e. The minimum absolute atomic E-state index is 0.0365. The summed E-state index contributed by atoms with van der Waals surface area (Å²) in [4.78, 5) is 8.84. The molecule has 3 aromatic rings. The largest absolute Gasteiger partial charge is 0.439 e. The molecule has 23 heavy (non-hydrogen) atoms. The standard InChI is InChI=1S/C19H19N3O/c1-13(20)16-9-6-10-17(11-16)23-19-12-18(21-14(2)22-19)15-7-4-3-5-8-15/h3-13H,20H2,1-2H3. The zero-order chi connectivity index (χ0) is 16.2. The quantitative estimate of drug-likeness (QED) is 0.782. The summed E-state index contributed by atoms with van der Waals surface area (Å²) in [5.74, 6) is 1.92. The molecule has 0 aliphatic carbocycles. The first-order valence-electron chi connectivity index (χ1n) is 7.56. The number of hydrogen-bond donors (Lipinski definition) is 1. The van der Waals surface area contributed by atoms with Crippen LogP contribution >= 0.6 is 0 Å². The normalized spacial score (nSPS) is 12.0. The van der Waals surface area contributed by atoms with Gasteiger partial charge in [0.25, 0.3) is 0 Å². The Morgan fingerprint density at radius 1 is 0.957 bits per heavy atom. The second-order valence-corrected chi connectivity index (χ2v) is 5.47. The Labute approximate surface area is 136 Å². The number of nitrogens with two attached hydrogens (primary N) is 1. The van der Waals surface area contributed by atoms with E-state index in [9.17, 15) is 0 Å². The summed E-state index contributed by atoms with van der Waals surface area (Å²) in [6, 6.07) is 19.5. The lowest BCUT2D eigenvalue weighted by molar-refractivity contribution is 0.459. The van der Waals surface area contributed by atoms with Crippen LogP contribution in [0, 0.1) is 6.92 Å². The second kappa shape index (κ2) is 6.58. The van der Waals surface area contributed by atoms with Crippen molar-refractivity contribution < 1.29 is 4.74 Å². The van der Waals surface area contributed by atoms with Crippen molar-refractivity contribution in [2.75, 3.05) is 0 Å². The SMILES string of the molecule is Cc1nc(Oc2cccc(C(C)N)c2)cc(-c2ccccc2)n1. The van der Waals surface area contributed by atoms with Gasteiger partial charge < -0.3 is 10.5 Å². The monoisotopic (exact) mass is 305 g/mol. The number of nitrogens with zero attached hydrogens (tertiary/aromatic N) is 2. The fourth-order valence-electron chi connectivity index (χ4n) is 2.33. The summed E-state index contributed by atoms with van der Waals surface area (Å²) in [7, 11) is 0. The van der Waals surface area contributed by atoms with Crippen molar-refractivity contribution in [2.24, 2.45) is 5.73 Å². The molecule has 0 spiro atoms. The molecule has 2 aromatic carbocycles. The first-order chi connectivity index (χ1) is 11.1. The molecule has 1 unspecified atom stereocenters. The third-order valence-electron chi connectivity index (χ3n) is 3.49. The summed E-state index contributed by atoms with van der Waals surface area (Å²) < 4.78 is 5.91. The molecule has 3 rings (SSSR count). The topological polar surface area (TPSA) is 61.0 Å². The molecule has 0 aliphatic heterocycles. The smallest absolute Gasteiger partial charge is 0.223 e. The van der Waals surface area contributed by atoms with Gasteiger partial charge in [0.05, 0.1) is 5.69 Å². The molecule has 116 valence electrons. The van der Waals surface area contributed by atoms with E-state index >= 15 is 0 Å². The molecule has 2 N–H and O–H groups in total. The molecule has 0 amide bonds. The van der Waals surface area contributed by atoms with Gasteiger partial charge in [0.1, 0.15) is 11.6 Å². The first kappa shape index (κ1) is 15.2. The van der Waals surface area contributed by atoms with E-state index in [1.807, 2.05) is 74.5 Å². The summed E-state index contributed by atoms with van der Waals surface area (Å²) in [6.07, 6.45) is 0. The number of ether oxygens (including phenoxy) is 1. The van der Waals surface area contributed by atoms with Crippen LogP contribution in [0.25, 0.3) is 11.3 Å². The first-order valence-corrected chi connectivity index (χ1v) is 7.56. The number of rotatable bonds is 4. The lowest BCUT2D eigenvalue weighted by atomic mass is 10.1. The number of aryl methyl sites for hydroxylation is 1. The highest BCUT2D eigenvalue weighted by molar-refractivity contribution is 5.60. The highest BCUT2D eigenvalue weighted by Gasteiger charge is 2.07. The zero-order valence-corrected chi connectivity index (χ0v) is 13.2. The van der Waals surface area contributed by atoms with E-state index in [4.69, 9.17) is 10.5 Å². The van der Waals surface area contributed by atoms with E-state index in [1.165, 1.54) is 0 Å². The van der Waals surface area contributed by atoms with E-state index in [2.05, 4.69) is 9.97 Å². The van der Waals surface area contributed by atoms with Gasteiger partial charge >= 0.3 is 0 Å². The Balaban J connectivity index is 1.92. The number of hydrogen-bond acceptors (Lipinski definition) is 4. The fourth-order valence-corrected chi connectivity index (χ4v) is 2.33. The molecular weight excluding hydrogens is 286 g/mol. The molecule has 0 saturated heterocycles. The molecule has 1 aromatic heterocycles. The van der Waals surface area contributed by atoms with Crippen molar-refractivity contribution in [3.05, 3.63) is 72.1 Å². The van der Waals surface area contributed by atoms with Crippen molar-refractivity contribution in [3.8, 4) is 22.9 Å². The molecular formula is C19H19N3O. The molecule has 0 saturated carbocycles. The van der Waals surface area contributed by atoms with Gasteiger partial charge in [-0.2, -0.15) is 4.98 Å². The molecule has 4 nitrogen and oxygen atoms in total. The molecule has 0 fully saturated rings. The summed E-state index contributed by atoms with van der Waals surface area (Å²) in [6.45, 7) is 3.80. The Morgan fingerprint density at radius 2 is 1.74 bits per heavy atom. The Kier molecular flexibility index (Phi) is 4.35. The van der Waals surface area contributed by atoms with E-state index in [0.29, 0.717) is 11.7 Å². The van der Waals surface area contributed by atoms with Crippen LogP contribution in [0.3, 0.4) is 0 Å². The molecule has 1 atom stereocenters. The van der Waals surface area contributed by atoms with Crippen molar-refractivity contribution in [1.29, 1.82) is 0 Å². The number of benzene rings is 2. The van der Waals surface area contributed by atoms with Gasteiger partial charge in [0.2, 0.25) is 5.88 Å².